The second-order valence-electron chi connectivity index (χ2n) is 4.12. The largest absolute Gasteiger partial charge is 0.373 e. The van der Waals surface area contributed by atoms with Crippen molar-refractivity contribution in [1.82, 2.24) is 20.0 Å². The zero-order valence-corrected chi connectivity index (χ0v) is 10.3. The van der Waals surface area contributed by atoms with Gasteiger partial charge < -0.3 is 5.32 Å². The van der Waals surface area contributed by atoms with Crippen LogP contribution < -0.4 is 5.32 Å². The predicted molar refractivity (Wildman–Crippen MR) is 71.3 cm³/mol. The van der Waals surface area contributed by atoms with E-state index in [1.54, 1.807) is 10.9 Å². The first-order valence-corrected chi connectivity index (χ1v) is 5.70. The summed E-state index contributed by atoms with van der Waals surface area (Å²) < 4.78 is 1.77. The Hall–Kier alpha value is -2.43. The summed E-state index contributed by atoms with van der Waals surface area (Å²) in [5, 5.41) is 13.2. The van der Waals surface area contributed by atoms with E-state index in [1.165, 1.54) is 0 Å². The maximum atomic E-state index is 4.29. The van der Waals surface area contributed by atoms with Crippen molar-refractivity contribution in [1.29, 1.82) is 0 Å². The molecule has 0 aliphatic heterocycles. The first kappa shape index (κ1) is 10.7. The van der Waals surface area contributed by atoms with Crippen LogP contribution in [0.15, 0.2) is 36.7 Å². The molecule has 1 aromatic carbocycles. The zero-order chi connectivity index (χ0) is 12.5. The third-order valence-electron chi connectivity index (χ3n) is 2.99. The van der Waals surface area contributed by atoms with Gasteiger partial charge in [-0.05, 0) is 17.5 Å². The number of nitrogens with one attached hydrogen (secondary N) is 1. The number of pyridine rings is 1. The minimum atomic E-state index is 0.864. The van der Waals surface area contributed by atoms with Crippen molar-refractivity contribution in [3.8, 4) is 11.3 Å². The molecule has 3 rings (SSSR count). The minimum Gasteiger partial charge on any atom is -0.373 e. The molecule has 2 heterocycles. The van der Waals surface area contributed by atoms with Crippen molar-refractivity contribution in [2.45, 2.75) is 0 Å². The number of nitrogens with zero attached hydrogens (tertiary/aromatic N) is 4. The zero-order valence-electron chi connectivity index (χ0n) is 10.3. The fourth-order valence-corrected chi connectivity index (χ4v) is 1.99. The van der Waals surface area contributed by atoms with Crippen LogP contribution in [0.3, 0.4) is 0 Å². The van der Waals surface area contributed by atoms with E-state index in [4.69, 9.17) is 0 Å². The monoisotopic (exact) mass is 239 g/mol. The molecule has 0 radical (unpaired) electrons. The van der Waals surface area contributed by atoms with Crippen LogP contribution in [0.5, 0.6) is 0 Å². The molecule has 3 aromatic rings. The van der Waals surface area contributed by atoms with E-state index in [0.29, 0.717) is 0 Å². The highest BCUT2D eigenvalue weighted by Gasteiger charge is 2.05. The first-order valence-electron chi connectivity index (χ1n) is 5.70. The lowest BCUT2D eigenvalue weighted by Crippen LogP contribution is -1.94. The molecule has 0 atom stereocenters. The lowest BCUT2D eigenvalue weighted by molar-refractivity contribution is 0.721. The lowest BCUT2D eigenvalue weighted by atomic mass is 10.1. The summed E-state index contributed by atoms with van der Waals surface area (Å²) in [5.74, 6) is 0.864. The Labute approximate surface area is 104 Å². The van der Waals surface area contributed by atoms with E-state index < -0.39 is 0 Å². The number of hydrogen-bond donors (Lipinski definition) is 1. The Kier molecular flexibility index (Phi) is 2.44. The normalized spacial score (nSPS) is 10.8. The number of rotatable bonds is 2. The molecule has 5 nitrogen and oxygen atoms in total. The maximum Gasteiger partial charge on any atom is 0.126 e. The minimum absolute atomic E-state index is 0.864. The Morgan fingerprint density at radius 2 is 2.00 bits per heavy atom. The van der Waals surface area contributed by atoms with Crippen molar-refractivity contribution in [2.24, 2.45) is 7.05 Å². The summed E-state index contributed by atoms with van der Waals surface area (Å²) in [6.07, 6.45) is 3.63. The second-order valence-corrected chi connectivity index (χ2v) is 4.12. The second kappa shape index (κ2) is 4.10. The highest BCUT2D eigenvalue weighted by Crippen LogP contribution is 2.24. The van der Waals surface area contributed by atoms with Crippen LogP contribution in [0.1, 0.15) is 0 Å². The van der Waals surface area contributed by atoms with Crippen molar-refractivity contribution >= 4 is 16.6 Å². The maximum absolute atomic E-state index is 4.29. The fourth-order valence-electron chi connectivity index (χ4n) is 1.99. The summed E-state index contributed by atoms with van der Waals surface area (Å²) in [6.45, 7) is 0. The average molecular weight is 239 g/mol. The molecule has 90 valence electrons. The van der Waals surface area contributed by atoms with Crippen LogP contribution in [0.25, 0.3) is 22.0 Å². The molecule has 5 heteroatoms. The van der Waals surface area contributed by atoms with Gasteiger partial charge in [-0.3, -0.25) is 0 Å². The highest BCUT2D eigenvalue weighted by molar-refractivity contribution is 5.87. The molecule has 18 heavy (non-hydrogen) atoms. The molecule has 0 fully saturated rings. The van der Waals surface area contributed by atoms with Crippen LogP contribution >= 0.6 is 0 Å². The van der Waals surface area contributed by atoms with Gasteiger partial charge in [-0.2, -0.15) is 0 Å². The van der Waals surface area contributed by atoms with Crippen molar-refractivity contribution in [2.75, 3.05) is 12.4 Å². The van der Waals surface area contributed by atoms with Gasteiger partial charge in [0.15, 0.2) is 0 Å². The van der Waals surface area contributed by atoms with Crippen LogP contribution in [0.4, 0.5) is 5.82 Å². The van der Waals surface area contributed by atoms with Crippen LogP contribution in [0.2, 0.25) is 0 Å². The van der Waals surface area contributed by atoms with Crippen molar-refractivity contribution < 1.29 is 0 Å². The fraction of sp³-hybridized carbons (Fsp3) is 0.154. The van der Waals surface area contributed by atoms with Gasteiger partial charge in [0.2, 0.25) is 0 Å². The third-order valence-corrected chi connectivity index (χ3v) is 2.99. The van der Waals surface area contributed by atoms with E-state index in [-0.39, 0.29) is 0 Å². The number of fused-ring (bicyclic) bond motifs is 1. The average Bonchev–Trinajstić information content (AvgIpc) is 2.83. The summed E-state index contributed by atoms with van der Waals surface area (Å²) in [4.78, 5) is 4.29. The van der Waals surface area contributed by atoms with Crippen molar-refractivity contribution in [3.05, 3.63) is 36.7 Å². The van der Waals surface area contributed by atoms with Crippen LogP contribution in [-0.2, 0) is 7.05 Å². The molecule has 0 saturated heterocycles. The Balaban J connectivity index is 2.18. The van der Waals surface area contributed by atoms with E-state index in [0.717, 1.165) is 27.8 Å². The number of benzene rings is 1. The molecule has 0 aliphatic carbocycles. The predicted octanol–water partition coefficient (Wildman–Crippen LogP) is 2.07. The SMILES string of the molecule is CNc1cc2cc(-c3cnnn3C)ccc2cn1. The van der Waals surface area contributed by atoms with Gasteiger partial charge in [0.1, 0.15) is 5.82 Å². The molecule has 0 saturated carbocycles. The topological polar surface area (TPSA) is 55.6 Å². The number of hydrogen-bond acceptors (Lipinski definition) is 4. The lowest BCUT2D eigenvalue weighted by Gasteiger charge is -2.05. The van der Waals surface area contributed by atoms with Gasteiger partial charge in [-0.1, -0.05) is 17.3 Å². The molecular formula is C13H13N5. The Morgan fingerprint density at radius 3 is 2.72 bits per heavy atom. The molecule has 2 aromatic heterocycles. The van der Waals surface area contributed by atoms with Gasteiger partial charge in [0, 0.05) is 31.2 Å². The van der Waals surface area contributed by atoms with Gasteiger partial charge in [-0.25, -0.2) is 9.67 Å². The standard InChI is InChI=1S/C13H13N5/c1-14-13-6-11-5-9(3-4-10(11)7-15-13)12-8-16-17-18(12)2/h3-8H,1-2H3,(H,14,15). The number of anilines is 1. The Morgan fingerprint density at radius 1 is 1.11 bits per heavy atom. The van der Waals surface area contributed by atoms with Crippen LogP contribution in [0, 0.1) is 0 Å². The van der Waals surface area contributed by atoms with E-state index in [9.17, 15) is 0 Å². The molecule has 0 unspecified atom stereocenters. The smallest absolute Gasteiger partial charge is 0.126 e. The molecule has 0 spiro atoms. The number of aryl methyl sites for hydroxylation is 1. The van der Waals surface area contributed by atoms with Gasteiger partial charge in [0.05, 0.1) is 11.9 Å². The van der Waals surface area contributed by atoms with Gasteiger partial charge in [-0.15, -0.1) is 5.10 Å². The molecule has 0 aliphatic rings. The molecule has 1 N–H and O–H groups in total. The number of aromatic nitrogens is 4. The molecule has 0 bridgehead atoms. The van der Waals surface area contributed by atoms with Gasteiger partial charge >= 0.3 is 0 Å². The summed E-state index contributed by atoms with van der Waals surface area (Å²) in [7, 11) is 3.75. The first-order chi connectivity index (χ1) is 8.78. The third kappa shape index (κ3) is 1.69. The Bertz CT molecular complexity index is 701. The summed E-state index contributed by atoms with van der Waals surface area (Å²) in [6, 6.07) is 8.27. The molecule has 0 amide bonds. The summed E-state index contributed by atoms with van der Waals surface area (Å²) in [5.41, 5.74) is 2.10. The van der Waals surface area contributed by atoms with Crippen molar-refractivity contribution in [3.63, 3.8) is 0 Å². The molecular weight excluding hydrogens is 226 g/mol. The van der Waals surface area contributed by atoms with E-state index >= 15 is 0 Å². The quantitative estimate of drug-likeness (QED) is 0.743. The van der Waals surface area contributed by atoms with E-state index in [2.05, 4.69) is 38.8 Å². The van der Waals surface area contributed by atoms with E-state index in [1.807, 2.05) is 26.4 Å². The van der Waals surface area contributed by atoms with Gasteiger partial charge in [0.25, 0.3) is 0 Å². The summed E-state index contributed by atoms with van der Waals surface area (Å²) >= 11 is 0. The van der Waals surface area contributed by atoms with Crippen LogP contribution in [-0.4, -0.2) is 27.0 Å². The highest BCUT2D eigenvalue weighted by atomic mass is 15.4.